The van der Waals surface area contributed by atoms with Crippen molar-refractivity contribution >= 4 is 5.91 Å². The van der Waals surface area contributed by atoms with Crippen molar-refractivity contribution in [2.75, 3.05) is 7.11 Å². The maximum absolute atomic E-state index is 12.8. The van der Waals surface area contributed by atoms with Crippen LogP contribution < -0.4 is 10.1 Å². The third-order valence-electron chi connectivity index (χ3n) is 4.62. The maximum atomic E-state index is 12.8. The lowest BCUT2D eigenvalue weighted by Gasteiger charge is -2.32. The molecule has 0 saturated carbocycles. The molecule has 0 radical (unpaired) electrons. The van der Waals surface area contributed by atoms with Crippen molar-refractivity contribution in [2.45, 2.75) is 18.9 Å². The number of carbonyl (C=O) groups excluding carboxylic acids is 1. The molecule has 26 heavy (non-hydrogen) atoms. The molecule has 0 fully saturated rings. The van der Waals surface area contributed by atoms with Gasteiger partial charge in [0.25, 0.3) is 0 Å². The molecule has 0 aliphatic heterocycles. The van der Waals surface area contributed by atoms with E-state index in [0.717, 1.165) is 22.4 Å². The zero-order valence-corrected chi connectivity index (χ0v) is 15.1. The van der Waals surface area contributed by atoms with Gasteiger partial charge in [0.1, 0.15) is 5.75 Å². The second-order valence-corrected chi connectivity index (χ2v) is 6.43. The summed E-state index contributed by atoms with van der Waals surface area (Å²) in [5.74, 6) is 0.762. The molecule has 132 valence electrons. The van der Waals surface area contributed by atoms with Gasteiger partial charge in [0.15, 0.2) is 0 Å². The maximum Gasteiger partial charge on any atom is 0.225 e. The minimum Gasteiger partial charge on any atom is -0.497 e. The molecule has 1 amide bonds. The van der Waals surface area contributed by atoms with Gasteiger partial charge in [0, 0.05) is 0 Å². The van der Waals surface area contributed by atoms with Gasteiger partial charge in [0.2, 0.25) is 5.91 Å². The van der Waals surface area contributed by atoms with Gasteiger partial charge in [-0.15, -0.1) is 0 Å². The first-order valence-corrected chi connectivity index (χ1v) is 8.67. The number of ether oxygens (including phenoxy) is 1. The highest BCUT2D eigenvalue weighted by molar-refractivity contribution is 5.80. The van der Waals surface area contributed by atoms with Crippen molar-refractivity contribution in [3.05, 3.63) is 102 Å². The smallest absolute Gasteiger partial charge is 0.225 e. The normalized spacial score (nSPS) is 11.0. The van der Waals surface area contributed by atoms with Gasteiger partial charge < -0.3 is 10.1 Å². The van der Waals surface area contributed by atoms with Crippen LogP contribution in [0.1, 0.15) is 23.6 Å². The number of amides is 1. The predicted octanol–water partition coefficient (Wildman–Crippen LogP) is 4.32. The van der Waals surface area contributed by atoms with E-state index in [0.29, 0.717) is 6.42 Å². The molecule has 0 unspecified atom stereocenters. The van der Waals surface area contributed by atoms with E-state index in [1.165, 1.54) is 0 Å². The van der Waals surface area contributed by atoms with Gasteiger partial charge in [-0.3, -0.25) is 4.79 Å². The minimum atomic E-state index is -0.591. The Hall–Kier alpha value is -3.07. The summed E-state index contributed by atoms with van der Waals surface area (Å²) in [6, 6.07) is 27.7. The van der Waals surface area contributed by atoms with Gasteiger partial charge in [0.05, 0.1) is 19.1 Å². The van der Waals surface area contributed by atoms with Gasteiger partial charge in [-0.1, -0.05) is 72.8 Å². The van der Waals surface area contributed by atoms with Crippen LogP contribution in [0.25, 0.3) is 0 Å². The van der Waals surface area contributed by atoms with Gasteiger partial charge in [-0.05, 0) is 35.7 Å². The first-order chi connectivity index (χ1) is 12.6. The van der Waals surface area contributed by atoms with Gasteiger partial charge >= 0.3 is 0 Å². The summed E-state index contributed by atoms with van der Waals surface area (Å²) in [4.78, 5) is 12.8. The summed E-state index contributed by atoms with van der Waals surface area (Å²) in [6.45, 7) is 2.05. The minimum absolute atomic E-state index is 0.0228. The van der Waals surface area contributed by atoms with Crippen LogP contribution in [0, 0.1) is 0 Å². The number of carbonyl (C=O) groups is 1. The van der Waals surface area contributed by atoms with Crippen LogP contribution >= 0.6 is 0 Å². The molecule has 0 aliphatic rings. The molecule has 0 heterocycles. The van der Waals surface area contributed by atoms with Gasteiger partial charge in [-0.25, -0.2) is 0 Å². The average Bonchev–Trinajstić information content (AvgIpc) is 2.70. The van der Waals surface area contributed by atoms with Crippen LogP contribution in [0.5, 0.6) is 5.75 Å². The quantitative estimate of drug-likeness (QED) is 0.723. The molecule has 3 aromatic rings. The zero-order chi connectivity index (χ0) is 18.4. The second kappa shape index (κ2) is 7.87. The van der Waals surface area contributed by atoms with E-state index in [-0.39, 0.29) is 5.91 Å². The third-order valence-corrected chi connectivity index (χ3v) is 4.62. The molecule has 3 rings (SSSR count). The van der Waals surface area contributed by atoms with Crippen molar-refractivity contribution in [1.82, 2.24) is 5.32 Å². The highest BCUT2D eigenvalue weighted by Crippen LogP contribution is 2.29. The lowest BCUT2D eigenvalue weighted by atomic mass is 9.84. The summed E-state index contributed by atoms with van der Waals surface area (Å²) >= 11 is 0. The molecule has 0 aromatic heterocycles. The van der Waals surface area contributed by atoms with Crippen molar-refractivity contribution in [2.24, 2.45) is 0 Å². The lowest BCUT2D eigenvalue weighted by Crippen LogP contribution is -2.45. The molecule has 0 saturated heterocycles. The van der Waals surface area contributed by atoms with Crippen molar-refractivity contribution in [1.29, 1.82) is 0 Å². The molecule has 0 aliphatic carbocycles. The molecular weight excluding hydrogens is 322 g/mol. The molecule has 3 nitrogen and oxygen atoms in total. The highest BCUT2D eigenvalue weighted by Gasteiger charge is 2.30. The summed E-state index contributed by atoms with van der Waals surface area (Å²) in [6.07, 6.45) is 0.319. The summed E-state index contributed by atoms with van der Waals surface area (Å²) < 4.78 is 5.17. The van der Waals surface area contributed by atoms with Crippen LogP contribution in [0.4, 0.5) is 0 Å². The molecular formula is C23H23NO2. The average molecular weight is 345 g/mol. The standard InChI is InChI=1S/C23H23NO2/c1-23(19-9-5-3-6-10-19,20-11-7-4-8-12-20)24-22(25)17-18-13-15-21(26-2)16-14-18/h3-16H,17H2,1-2H3,(H,24,25). The molecule has 3 heteroatoms. The Kier molecular flexibility index (Phi) is 5.37. The number of hydrogen-bond donors (Lipinski definition) is 1. The SMILES string of the molecule is COc1ccc(CC(=O)NC(C)(c2ccccc2)c2ccccc2)cc1. The summed E-state index contributed by atoms with van der Waals surface area (Å²) in [5, 5.41) is 3.23. The molecule has 3 aromatic carbocycles. The molecule has 0 bridgehead atoms. The fourth-order valence-corrected chi connectivity index (χ4v) is 3.11. The summed E-state index contributed by atoms with van der Waals surface area (Å²) in [5.41, 5.74) is 2.46. The number of methoxy groups -OCH3 is 1. The van der Waals surface area contributed by atoms with Crippen molar-refractivity contribution < 1.29 is 9.53 Å². The van der Waals surface area contributed by atoms with E-state index in [4.69, 9.17) is 4.74 Å². The van der Waals surface area contributed by atoms with E-state index in [1.807, 2.05) is 91.9 Å². The Morgan fingerprint density at radius 1 is 0.846 bits per heavy atom. The monoisotopic (exact) mass is 345 g/mol. The lowest BCUT2D eigenvalue weighted by molar-refractivity contribution is -0.121. The fourth-order valence-electron chi connectivity index (χ4n) is 3.11. The van der Waals surface area contributed by atoms with E-state index in [1.54, 1.807) is 7.11 Å². The molecule has 0 spiro atoms. The van der Waals surface area contributed by atoms with Gasteiger partial charge in [-0.2, -0.15) is 0 Å². The summed E-state index contributed by atoms with van der Waals surface area (Å²) in [7, 11) is 1.63. The zero-order valence-electron chi connectivity index (χ0n) is 15.1. The Balaban J connectivity index is 1.85. The first-order valence-electron chi connectivity index (χ1n) is 8.67. The van der Waals surface area contributed by atoms with Crippen LogP contribution in [0.15, 0.2) is 84.9 Å². The fraction of sp³-hybridized carbons (Fsp3) is 0.174. The van der Waals surface area contributed by atoms with Crippen molar-refractivity contribution in [3.8, 4) is 5.75 Å². The third kappa shape index (κ3) is 3.94. The van der Waals surface area contributed by atoms with Crippen molar-refractivity contribution in [3.63, 3.8) is 0 Å². The Labute approximate surface area is 154 Å². The Bertz CT molecular complexity index is 803. The molecule has 1 N–H and O–H groups in total. The van der Waals surface area contributed by atoms with Crippen LogP contribution in [-0.2, 0) is 16.8 Å². The molecule has 0 atom stereocenters. The largest absolute Gasteiger partial charge is 0.497 e. The van der Waals surface area contributed by atoms with Crippen LogP contribution in [-0.4, -0.2) is 13.0 Å². The van der Waals surface area contributed by atoms with Crippen LogP contribution in [0.2, 0.25) is 0 Å². The van der Waals surface area contributed by atoms with E-state index in [2.05, 4.69) is 5.32 Å². The highest BCUT2D eigenvalue weighted by atomic mass is 16.5. The topological polar surface area (TPSA) is 38.3 Å². The number of benzene rings is 3. The predicted molar refractivity (Wildman–Crippen MR) is 104 cm³/mol. The Morgan fingerprint density at radius 3 is 1.81 bits per heavy atom. The first kappa shape index (κ1) is 17.7. The van der Waals surface area contributed by atoms with E-state index in [9.17, 15) is 4.79 Å². The Morgan fingerprint density at radius 2 is 1.35 bits per heavy atom. The number of hydrogen-bond acceptors (Lipinski definition) is 2. The second-order valence-electron chi connectivity index (χ2n) is 6.43. The van der Waals surface area contributed by atoms with Crippen LogP contribution in [0.3, 0.4) is 0 Å². The number of rotatable bonds is 6. The van der Waals surface area contributed by atoms with E-state index >= 15 is 0 Å². The number of nitrogens with one attached hydrogen (secondary N) is 1. The van der Waals surface area contributed by atoms with E-state index < -0.39 is 5.54 Å².